The van der Waals surface area contributed by atoms with E-state index in [1.165, 1.54) is 17.9 Å². The standard InChI is InChI=1S/C15H15ClN4O3/c1-23-12-3-2-10(16)6-11(12)15(4-5-15)19-14-17-7-9(8-18-14)13(21)20-22/h2-3,6-8,22H,4-5H2,1H3,(H,20,21)(H,17,18,19). The topological polar surface area (TPSA) is 96.4 Å². The Labute approximate surface area is 137 Å². The smallest absolute Gasteiger partial charge is 0.277 e. The summed E-state index contributed by atoms with van der Waals surface area (Å²) in [5.41, 5.74) is 2.34. The summed E-state index contributed by atoms with van der Waals surface area (Å²) in [5.74, 6) is 0.476. The molecule has 1 saturated carbocycles. The van der Waals surface area contributed by atoms with Gasteiger partial charge in [-0.2, -0.15) is 0 Å². The first-order chi connectivity index (χ1) is 11.1. The van der Waals surface area contributed by atoms with E-state index in [0.29, 0.717) is 11.0 Å². The highest BCUT2D eigenvalue weighted by atomic mass is 35.5. The van der Waals surface area contributed by atoms with Gasteiger partial charge in [0, 0.05) is 23.0 Å². The lowest BCUT2D eigenvalue weighted by molar-refractivity contribution is 0.0705. The van der Waals surface area contributed by atoms with E-state index in [0.717, 1.165) is 24.2 Å². The van der Waals surface area contributed by atoms with Crippen LogP contribution in [-0.2, 0) is 5.54 Å². The van der Waals surface area contributed by atoms with E-state index in [2.05, 4.69) is 15.3 Å². The number of nitrogens with zero attached hydrogens (tertiary/aromatic N) is 2. The predicted molar refractivity (Wildman–Crippen MR) is 83.8 cm³/mol. The van der Waals surface area contributed by atoms with Gasteiger partial charge in [0.2, 0.25) is 5.95 Å². The first kappa shape index (κ1) is 15.5. The molecule has 1 fully saturated rings. The summed E-state index contributed by atoms with van der Waals surface area (Å²) in [4.78, 5) is 19.5. The van der Waals surface area contributed by atoms with E-state index in [-0.39, 0.29) is 11.1 Å². The Balaban J connectivity index is 1.85. The summed E-state index contributed by atoms with van der Waals surface area (Å²) in [5, 5.41) is 12.5. The van der Waals surface area contributed by atoms with Gasteiger partial charge in [-0.05, 0) is 31.0 Å². The van der Waals surface area contributed by atoms with Gasteiger partial charge in [-0.3, -0.25) is 10.0 Å². The normalized spacial score (nSPS) is 14.9. The van der Waals surface area contributed by atoms with E-state index < -0.39 is 5.91 Å². The van der Waals surface area contributed by atoms with Crippen molar-refractivity contribution >= 4 is 23.5 Å². The number of methoxy groups -OCH3 is 1. The Morgan fingerprint density at radius 3 is 2.61 bits per heavy atom. The second-order valence-electron chi connectivity index (χ2n) is 5.29. The lowest BCUT2D eigenvalue weighted by Crippen LogP contribution is -2.22. The number of carbonyl (C=O) groups is 1. The molecule has 1 aliphatic carbocycles. The number of halogens is 1. The van der Waals surface area contributed by atoms with Crippen LogP contribution in [0.1, 0.15) is 28.8 Å². The molecule has 0 atom stereocenters. The second-order valence-corrected chi connectivity index (χ2v) is 5.72. The van der Waals surface area contributed by atoms with Crippen LogP contribution in [0, 0.1) is 0 Å². The minimum Gasteiger partial charge on any atom is -0.496 e. The quantitative estimate of drug-likeness (QED) is 0.574. The minimum absolute atomic E-state index is 0.170. The molecule has 7 nitrogen and oxygen atoms in total. The third kappa shape index (κ3) is 3.06. The zero-order valence-corrected chi connectivity index (χ0v) is 13.1. The monoisotopic (exact) mass is 334 g/mol. The molecule has 3 N–H and O–H groups in total. The maximum atomic E-state index is 11.3. The molecule has 23 heavy (non-hydrogen) atoms. The van der Waals surface area contributed by atoms with E-state index in [1.54, 1.807) is 13.2 Å². The van der Waals surface area contributed by atoms with Crippen LogP contribution in [0.4, 0.5) is 5.95 Å². The lowest BCUT2D eigenvalue weighted by atomic mass is 10.0. The van der Waals surface area contributed by atoms with Gasteiger partial charge in [0.1, 0.15) is 5.75 Å². The Morgan fingerprint density at radius 2 is 2.04 bits per heavy atom. The number of nitrogens with one attached hydrogen (secondary N) is 2. The molecule has 0 bridgehead atoms. The molecule has 1 aliphatic rings. The average molecular weight is 335 g/mol. The molecule has 0 radical (unpaired) electrons. The van der Waals surface area contributed by atoms with Crippen molar-refractivity contribution in [1.29, 1.82) is 0 Å². The van der Waals surface area contributed by atoms with E-state index in [1.807, 2.05) is 12.1 Å². The molecule has 120 valence electrons. The molecular weight excluding hydrogens is 320 g/mol. The molecule has 1 aromatic heterocycles. The lowest BCUT2D eigenvalue weighted by Gasteiger charge is -2.20. The molecule has 0 spiro atoms. The number of ether oxygens (including phenoxy) is 1. The highest BCUT2D eigenvalue weighted by Gasteiger charge is 2.47. The SMILES string of the molecule is COc1ccc(Cl)cc1C1(Nc2ncc(C(=O)NO)cn2)CC1. The fourth-order valence-electron chi connectivity index (χ4n) is 2.43. The summed E-state index contributed by atoms with van der Waals surface area (Å²) in [6.45, 7) is 0. The zero-order valence-electron chi connectivity index (χ0n) is 12.3. The molecule has 0 saturated heterocycles. The first-order valence-corrected chi connectivity index (χ1v) is 7.34. The molecule has 0 aliphatic heterocycles. The Morgan fingerprint density at radius 1 is 1.35 bits per heavy atom. The fraction of sp³-hybridized carbons (Fsp3) is 0.267. The largest absolute Gasteiger partial charge is 0.496 e. The zero-order chi connectivity index (χ0) is 16.4. The van der Waals surface area contributed by atoms with Crippen molar-refractivity contribution in [3.8, 4) is 5.75 Å². The summed E-state index contributed by atoms with van der Waals surface area (Å²) in [6, 6.07) is 5.47. The maximum Gasteiger partial charge on any atom is 0.277 e. The third-order valence-electron chi connectivity index (χ3n) is 3.79. The average Bonchev–Trinajstić information content (AvgIpc) is 3.35. The van der Waals surface area contributed by atoms with Gasteiger partial charge in [0.15, 0.2) is 0 Å². The van der Waals surface area contributed by atoms with Crippen LogP contribution >= 0.6 is 11.6 Å². The predicted octanol–water partition coefficient (Wildman–Crippen LogP) is 2.36. The highest BCUT2D eigenvalue weighted by molar-refractivity contribution is 6.30. The third-order valence-corrected chi connectivity index (χ3v) is 4.03. The number of benzene rings is 1. The van der Waals surface area contributed by atoms with Gasteiger partial charge in [-0.1, -0.05) is 11.6 Å². The minimum atomic E-state index is -0.658. The van der Waals surface area contributed by atoms with E-state index >= 15 is 0 Å². The molecule has 8 heteroatoms. The summed E-state index contributed by atoms with van der Waals surface area (Å²) in [6.07, 6.45) is 4.47. The number of carbonyl (C=O) groups excluding carboxylic acids is 1. The number of hydrogen-bond acceptors (Lipinski definition) is 6. The first-order valence-electron chi connectivity index (χ1n) is 6.97. The van der Waals surface area contributed by atoms with Gasteiger partial charge in [0.05, 0.1) is 18.2 Å². The molecule has 1 amide bonds. The van der Waals surface area contributed by atoms with Crippen molar-refractivity contribution in [1.82, 2.24) is 15.4 Å². The van der Waals surface area contributed by atoms with Gasteiger partial charge in [-0.15, -0.1) is 0 Å². The van der Waals surface area contributed by atoms with Crippen molar-refractivity contribution in [3.05, 3.63) is 46.7 Å². The van der Waals surface area contributed by atoms with Crippen LogP contribution in [0.3, 0.4) is 0 Å². The molecule has 2 aromatic rings. The van der Waals surface area contributed by atoms with Crippen LogP contribution in [0.5, 0.6) is 5.75 Å². The van der Waals surface area contributed by atoms with Crippen molar-refractivity contribution in [3.63, 3.8) is 0 Å². The number of rotatable bonds is 5. The summed E-state index contributed by atoms with van der Waals surface area (Å²) in [7, 11) is 1.61. The van der Waals surface area contributed by atoms with Crippen LogP contribution in [0.15, 0.2) is 30.6 Å². The second kappa shape index (κ2) is 6.02. The van der Waals surface area contributed by atoms with Gasteiger partial charge >= 0.3 is 0 Å². The van der Waals surface area contributed by atoms with Crippen molar-refractivity contribution in [2.24, 2.45) is 0 Å². The Bertz CT molecular complexity index is 732. The summed E-state index contributed by atoms with van der Waals surface area (Å²) < 4.78 is 5.41. The molecule has 3 rings (SSSR count). The van der Waals surface area contributed by atoms with Gasteiger partial charge in [-0.25, -0.2) is 15.4 Å². The number of hydrogen-bond donors (Lipinski definition) is 3. The molecular formula is C15H15ClN4O3. The summed E-state index contributed by atoms with van der Waals surface area (Å²) >= 11 is 6.10. The maximum absolute atomic E-state index is 11.3. The van der Waals surface area contributed by atoms with Crippen LogP contribution < -0.4 is 15.5 Å². The fourth-order valence-corrected chi connectivity index (χ4v) is 2.60. The number of amides is 1. The van der Waals surface area contributed by atoms with E-state index in [4.69, 9.17) is 21.5 Å². The van der Waals surface area contributed by atoms with Crippen molar-refractivity contribution in [2.45, 2.75) is 18.4 Å². The van der Waals surface area contributed by atoms with Gasteiger partial charge in [0.25, 0.3) is 5.91 Å². The highest BCUT2D eigenvalue weighted by Crippen LogP contribution is 2.51. The number of aromatic nitrogens is 2. The molecule has 1 aromatic carbocycles. The van der Waals surface area contributed by atoms with E-state index in [9.17, 15) is 4.79 Å². The van der Waals surface area contributed by atoms with Crippen molar-refractivity contribution in [2.75, 3.05) is 12.4 Å². The number of anilines is 1. The number of hydroxylamine groups is 1. The Hall–Kier alpha value is -2.38. The van der Waals surface area contributed by atoms with Crippen molar-refractivity contribution < 1.29 is 14.7 Å². The molecule has 0 unspecified atom stereocenters. The Kier molecular flexibility index (Phi) is 4.06. The van der Waals surface area contributed by atoms with Crippen LogP contribution in [0.25, 0.3) is 0 Å². The van der Waals surface area contributed by atoms with Crippen LogP contribution in [0.2, 0.25) is 5.02 Å². The van der Waals surface area contributed by atoms with Crippen LogP contribution in [-0.4, -0.2) is 28.2 Å². The molecule has 1 heterocycles. The van der Waals surface area contributed by atoms with Gasteiger partial charge < -0.3 is 10.1 Å².